The van der Waals surface area contributed by atoms with Gasteiger partial charge in [0.25, 0.3) is 0 Å². The number of aromatic amines is 1. The van der Waals surface area contributed by atoms with Crippen molar-refractivity contribution in [2.45, 2.75) is 32.0 Å². The quantitative estimate of drug-likeness (QED) is 0.882. The molecule has 0 fully saturated rings. The van der Waals surface area contributed by atoms with Gasteiger partial charge in [-0.15, -0.1) is 0 Å². The van der Waals surface area contributed by atoms with Gasteiger partial charge in [0.1, 0.15) is 5.82 Å². The lowest BCUT2D eigenvalue weighted by Gasteiger charge is -2.22. The van der Waals surface area contributed by atoms with E-state index in [0.717, 1.165) is 25.0 Å². The van der Waals surface area contributed by atoms with Crippen LogP contribution in [0.25, 0.3) is 0 Å². The van der Waals surface area contributed by atoms with E-state index in [0.29, 0.717) is 5.56 Å². The third-order valence-corrected chi connectivity index (χ3v) is 3.88. The molecule has 116 valence electrons. The molecule has 1 N–H and O–H groups in total. The molecule has 1 atom stereocenters. The second kappa shape index (κ2) is 6.27. The monoisotopic (exact) mass is 304 g/mol. The zero-order valence-corrected chi connectivity index (χ0v) is 12.3. The van der Waals surface area contributed by atoms with Crippen LogP contribution in [-0.4, -0.2) is 23.3 Å². The summed E-state index contributed by atoms with van der Waals surface area (Å²) in [6, 6.07) is 4.40. The number of nitrogens with zero attached hydrogens (tertiary/aromatic N) is 1. The minimum absolute atomic E-state index is 0.0467. The molecule has 22 heavy (non-hydrogen) atoms. The Balaban J connectivity index is 1.68. The highest BCUT2D eigenvalue weighted by Gasteiger charge is 2.22. The van der Waals surface area contributed by atoms with Crippen molar-refractivity contribution in [3.63, 3.8) is 0 Å². The van der Waals surface area contributed by atoms with Crippen molar-refractivity contribution in [3.05, 3.63) is 52.6 Å². The highest BCUT2D eigenvalue weighted by atomic mass is 19.1. The molecule has 1 aromatic heterocycles. The molecule has 5 nitrogen and oxygen atoms in total. The average Bonchev–Trinajstić information content (AvgIpc) is 3.01. The van der Waals surface area contributed by atoms with Crippen molar-refractivity contribution in [2.75, 3.05) is 7.11 Å². The molecule has 6 heteroatoms. The number of rotatable bonds is 4. The second-order valence-electron chi connectivity index (χ2n) is 5.31. The average molecular weight is 304 g/mol. The smallest absolute Gasteiger partial charge is 0.340 e. The molecule has 0 amide bonds. The number of H-pyrrole nitrogens is 1. The second-order valence-corrected chi connectivity index (χ2v) is 5.31. The van der Waals surface area contributed by atoms with Gasteiger partial charge in [0, 0.05) is 0 Å². The highest BCUT2D eigenvalue weighted by molar-refractivity contribution is 5.89. The van der Waals surface area contributed by atoms with Gasteiger partial charge in [-0.3, -0.25) is 5.10 Å². The van der Waals surface area contributed by atoms with E-state index in [4.69, 9.17) is 4.74 Å². The first-order chi connectivity index (χ1) is 10.7. The van der Waals surface area contributed by atoms with Crippen LogP contribution in [-0.2, 0) is 22.5 Å². The van der Waals surface area contributed by atoms with Crippen molar-refractivity contribution in [3.8, 4) is 0 Å². The maximum Gasteiger partial charge on any atom is 0.340 e. The van der Waals surface area contributed by atoms with Gasteiger partial charge in [-0.1, -0.05) is 6.07 Å². The highest BCUT2D eigenvalue weighted by Crippen LogP contribution is 2.31. The van der Waals surface area contributed by atoms with Crippen molar-refractivity contribution < 1.29 is 18.7 Å². The van der Waals surface area contributed by atoms with Gasteiger partial charge in [0.15, 0.2) is 0 Å². The number of methoxy groups -OCH3 is 1. The van der Waals surface area contributed by atoms with E-state index in [9.17, 15) is 9.18 Å². The molecule has 0 saturated carbocycles. The van der Waals surface area contributed by atoms with Crippen LogP contribution in [0.5, 0.6) is 0 Å². The van der Waals surface area contributed by atoms with Gasteiger partial charge in [-0.05, 0) is 42.5 Å². The number of fused-ring (bicyclic) bond motifs is 1. The maximum absolute atomic E-state index is 13.9. The number of hydrogen-bond donors (Lipinski definition) is 1. The summed E-state index contributed by atoms with van der Waals surface area (Å²) in [5, 5.41) is 7.02. The maximum atomic E-state index is 13.9. The van der Waals surface area contributed by atoms with Crippen LogP contribution in [0.4, 0.5) is 4.39 Å². The Morgan fingerprint density at radius 1 is 1.50 bits per heavy atom. The summed E-state index contributed by atoms with van der Waals surface area (Å²) in [7, 11) is 1.23. The molecular formula is C16H17FN2O3. The fourth-order valence-electron chi connectivity index (χ4n) is 2.71. The fourth-order valence-corrected chi connectivity index (χ4v) is 2.71. The summed E-state index contributed by atoms with van der Waals surface area (Å²) in [6.45, 7) is 0.279. The number of benzene rings is 1. The van der Waals surface area contributed by atoms with Crippen LogP contribution in [0.3, 0.4) is 0 Å². The van der Waals surface area contributed by atoms with E-state index in [-0.39, 0.29) is 18.3 Å². The predicted molar refractivity (Wildman–Crippen MR) is 76.8 cm³/mol. The summed E-state index contributed by atoms with van der Waals surface area (Å²) < 4.78 is 24.3. The Bertz CT molecular complexity index is 684. The Morgan fingerprint density at radius 2 is 2.36 bits per heavy atom. The van der Waals surface area contributed by atoms with Crippen LogP contribution >= 0.6 is 0 Å². The normalized spacial score (nSPS) is 17.1. The van der Waals surface area contributed by atoms with Crippen molar-refractivity contribution in [1.29, 1.82) is 0 Å². The molecule has 3 rings (SSSR count). The molecule has 0 aliphatic heterocycles. The van der Waals surface area contributed by atoms with Crippen LogP contribution < -0.4 is 0 Å². The summed E-state index contributed by atoms with van der Waals surface area (Å²) in [4.78, 5) is 11.4. The van der Waals surface area contributed by atoms with Crippen LogP contribution in [0.2, 0.25) is 0 Å². The molecule has 0 spiro atoms. The zero-order valence-electron chi connectivity index (χ0n) is 12.3. The number of carbonyl (C=O) groups is 1. The summed E-state index contributed by atoms with van der Waals surface area (Å²) >= 11 is 0. The van der Waals surface area contributed by atoms with Gasteiger partial charge in [-0.2, -0.15) is 5.10 Å². The largest absolute Gasteiger partial charge is 0.465 e. The number of nitrogens with one attached hydrogen (secondary N) is 1. The SMILES string of the molecule is COC(=O)c1ccc(CO[C@@H]2CCCc3cn[nH]c32)cc1F. The Morgan fingerprint density at radius 3 is 3.14 bits per heavy atom. The van der Waals surface area contributed by atoms with E-state index < -0.39 is 11.8 Å². The molecule has 0 saturated heterocycles. The molecule has 0 radical (unpaired) electrons. The first-order valence-corrected chi connectivity index (χ1v) is 7.19. The van der Waals surface area contributed by atoms with E-state index in [2.05, 4.69) is 14.9 Å². The molecule has 1 heterocycles. The molecule has 1 aliphatic rings. The Kier molecular flexibility index (Phi) is 4.20. The van der Waals surface area contributed by atoms with E-state index >= 15 is 0 Å². The van der Waals surface area contributed by atoms with E-state index in [1.54, 1.807) is 6.07 Å². The number of hydrogen-bond acceptors (Lipinski definition) is 4. The third kappa shape index (κ3) is 2.87. The molecular weight excluding hydrogens is 287 g/mol. The molecule has 1 aliphatic carbocycles. The predicted octanol–water partition coefficient (Wildman–Crippen LogP) is 2.93. The number of carbonyl (C=O) groups excluding carboxylic acids is 1. The van der Waals surface area contributed by atoms with Gasteiger partial charge < -0.3 is 9.47 Å². The number of ether oxygens (including phenoxy) is 2. The summed E-state index contributed by atoms with van der Waals surface area (Å²) in [5.74, 6) is -1.28. The van der Waals surface area contributed by atoms with Gasteiger partial charge in [0.2, 0.25) is 0 Å². The van der Waals surface area contributed by atoms with Crippen LogP contribution in [0.1, 0.15) is 46.1 Å². The summed E-state index contributed by atoms with van der Waals surface area (Å²) in [5.41, 5.74) is 2.80. The van der Waals surface area contributed by atoms with Gasteiger partial charge in [0.05, 0.1) is 37.3 Å². The number of halogens is 1. The lowest BCUT2D eigenvalue weighted by atomic mass is 9.96. The van der Waals surface area contributed by atoms with Crippen molar-refractivity contribution in [1.82, 2.24) is 10.2 Å². The Labute approximate surface area is 127 Å². The molecule has 0 bridgehead atoms. The Hall–Kier alpha value is -2.21. The lowest BCUT2D eigenvalue weighted by Crippen LogP contribution is -2.12. The summed E-state index contributed by atoms with van der Waals surface area (Å²) in [6.07, 6.45) is 4.75. The standard InChI is InChI=1S/C16H17FN2O3/c1-21-16(20)12-6-5-10(7-13(12)17)9-22-14-4-2-3-11-8-18-19-15(11)14/h5-8,14H,2-4,9H2,1H3,(H,18,19)/t14-/m1/s1. The van der Waals surface area contributed by atoms with Gasteiger partial charge in [-0.25, -0.2) is 9.18 Å². The topological polar surface area (TPSA) is 64.2 Å². The molecule has 0 unspecified atom stereocenters. The molecule has 1 aromatic carbocycles. The number of aromatic nitrogens is 2. The fraction of sp³-hybridized carbons (Fsp3) is 0.375. The van der Waals surface area contributed by atoms with Crippen molar-refractivity contribution in [2.24, 2.45) is 0 Å². The minimum Gasteiger partial charge on any atom is -0.465 e. The van der Waals surface area contributed by atoms with E-state index in [1.165, 1.54) is 24.8 Å². The number of esters is 1. The first kappa shape index (κ1) is 14.7. The minimum atomic E-state index is -0.681. The zero-order chi connectivity index (χ0) is 15.5. The molecule has 2 aromatic rings. The number of aryl methyl sites for hydroxylation is 1. The van der Waals surface area contributed by atoms with E-state index in [1.807, 2.05) is 6.20 Å². The lowest BCUT2D eigenvalue weighted by molar-refractivity contribution is 0.0253. The first-order valence-electron chi connectivity index (χ1n) is 7.19. The van der Waals surface area contributed by atoms with Gasteiger partial charge >= 0.3 is 5.97 Å². The van der Waals surface area contributed by atoms with Crippen LogP contribution in [0, 0.1) is 5.82 Å². The van der Waals surface area contributed by atoms with Crippen molar-refractivity contribution >= 4 is 5.97 Å². The van der Waals surface area contributed by atoms with Crippen LogP contribution in [0.15, 0.2) is 24.4 Å². The third-order valence-electron chi connectivity index (χ3n) is 3.88.